The Kier molecular flexibility index (Phi) is 2.93. The molecule has 0 saturated carbocycles. The fourth-order valence-electron chi connectivity index (χ4n) is 1.87. The van der Waals surface area contributed by atoms with Crippen molar-refractivity contribution in [1.82, 2.24) is 9.88 Å². The topological polar surface area (TPSA) is 33.2 Å². The van der Waals surface area contributed by atoms with Crippen LogP contribution >= 0.6 is 11.3 Å². The molecule has 1 aromatic heterocycles. The molecular weight excluding hydrogens is 196 g/mol. The average molecular weight is 210 g/mol. The molecule has 14 heavy (non-hydrogen) atoms. The van der Waals surface area contributed by atoms with Crippen molar-refractivity contribution in [2.45, 2.75) is 19.3 Å². The summed E-state index contributed by atoms with van der Waals surface area (Å²) in [7, 11) is 0. The maximum Gasteiger partial charge on any atom is 0.161 e. The summed E-state index contributed by atoms with van der Waals surface area (Å²) in [6.07, 6.45) is 3.75. The van der Waals surface area contributed by atoms with E-state index in [1.54, 1.807) is 6.20 Å². The van der Waals surface area contributed by atoms with Crippen molar-refractivity contribution < 1.29 is 4.79 Å². The monoisotopic (exact) mass is 210 g/mol. The van der Waals surface area contributed by atoms with Crippen molar-refractivity contribution in [2.24, 2.45) is 0 Å². The van der Waals surface area contributed by atoms with E-state index in [1.807, 2.05) is 0 Å². The molecule has 4 heteroatoms. The third-order valence-corrected chi connectivity index (χ3v) is 3.81. The number of likely N-dealkylation sites (N-methyl/N-ethyl adjacent to an activating group) is 1. The van der Waals surface area contributed by atoms with Gasteiger partial charge < -0.3 is 4.90 Å². The van der Waals surface area contributed by atoms with Gasteiger partial charge in [0.2, 0.25) is 0 Å². The van der Waals surface area contributed by atoms with Gasteiger partial charge in [0.05, 0.1) is 9.88 Å². The van der Waals surface area contributed by atoms with Crippen LogP contribution in [0.25, 0.3) is 0 Å². The SMILES string of the molecule is CCN1CCC(c2ncc(C=O)s2)C1. The summed E-state index contributed by atoms with van der Waals surface area (Å²) in [4.78, 5) is 18.0. The quantitative estimate of drug-likeness (QED) is 0.713. The van der Waals surface area contributed by atoms with Gasteiger partial charge in [0, 0.05) is 18.7 Å². The summed E-state index contributed by atoms with van der Waals surface area (Å²) in [5.41, 5.74) is 0. The van der Waals surface area contributed by atoms with Gasteiger partial charge in [0.25, 0.3) is 0 Å². The van der Waals surface area contributed by atoms with Crippen molar-refractivity contribution in [3.05, 3.63) is 16.1 Å². The van der Waals surface area contributed by atoms with Crippen molar-refractivity contribution in [1.29, 1.82) is 0 Å². The minimum Gasteiger partial charge on any atom is -0.303 e. The number of rotatable bonds is 3. The molecule has 1 aliphatic rings. The number of carbonyl (C=O) groups is 1. The smallest absolute Gasteiger partial charge is 0.161 e. The molecule has 76 valence electrons. The van der Waals surface area contributed by atoms with Gasteiger partial charge in [-0.3, -0.25) is 4.79 Å². The van der Waals surface area contributed by atoms with E-state index >= 15 is 0 Å². The van der Waals surface area contributed by atoms with Gasteiger partial charge >= 0.3 is 0 Å². The Bertz CT molecular complexity index is 324. The van der Waals surface area contributed by atoms with E-state index in [0.717, 1.165) is 35.8 Å². The fraction of sp³-hybridized carbons (Fsp3) is 0.600. The lowest BCUT2D eigenvalue weighted by Gasteiger charge is -2.11. The van der Waals surface area contributed by atoms with Crippen LogP contribution in [0.1, 0.15) is 33.9 Å². The maximum atomic E-state index is 10.5. The largest absolute Gasteiger partial charge is 0.303 e. The zero-order valence-electron chi connectivity index (χ0n) is 8.27. The van der Waals surface area contributed by atoms with Crippen molar-refractivity contribution >= 4 is 17.6 Å². The predicted octanol–water partition coefficient (Wildman–Crippen LogP) is 1.76. The van der Waals surface area contributed by atoms with Gasteiger partial charge in [-0.1, -0.05) is 6.92 Å². The molecule has 1 atom stereocenters. The number of hydrogen-bond donors (Lipinski definition) is 0. The maximum absolute atomic E-state index is 10.5. The van der Waals surface area contributed by atoms with E-state index < -0.39 is 0 Å². The number of thiazole rings is 1. The second-order valence-corrected chi connectivity index (χ2v) is 4.69. The van der Waals surface area contributed by atoms with E-state index in [2.05, 4.69) is 16.8 Å². The number of aldehydes is 1. The standard InChI is InChI=1S/C10H14N2OS/c1-2-12-4-3-8(6-12)10-11-5-9(7-13)14-10/h5,7-8H,2-4,6H2,1H3. The first-order valence-electron chi connectivity index (χ1n) is 4.96. The normalized spacial score (nSPS) is 22.8. The molecule has 1 unspecified atom stereocenters. The van der Waals surface area contributed by atoms with Crippen molar-refractivity contribution in [2.75, 3.05) is 19.6 Å². The molecule has 1 fully saturated rings. The second-order valence-electron chi connectivity index (χ2n) is 3.60. The molecule has 1 saturated heterocycles. The van der Waals surface area contributed by atoms with Crippen LogP contribution in [-0.4, -0.2) is 35.8 Å². The lowest BCUT2D eigenvalue weighted by Crippen LogP contribution is -2.19. The van der Waals surface area contributed by atoms with Crippen LogP contribution in [0.5, 0.6) is 0 Å². The third kappa shape index (κ3) is 1.86. The number of nitrogens with zero attached hydrogens (tertiary/aromatic N) is 2. The van der Waals surface area contributed by atoms with Crippen LogP contribution in [0.4, 0.5) is 0 Å². The van der Waals surface area contributed by atoms with Crippen molar-refractivity contribution in [3.63, 3.8) is 0 Å². The summed E-state index contributed by atoms with van der Waals surface area (Å²) in [6.45, 7) is 5.56. The van der Waals surface area contributed by atoms with Crippen LogP contribution in [0, 0.1) is 0 Å². The van der Waals surface area contributed by atoms with Crippen molar-refractivity contribution in [3.8, 4) is 0 Å². The molecule has 2 rings (SSSR count). The molecule has 1 aromatic rings. The van der Waals surface area contributed by atoms with E-state index in [9.17, 15) is 4.79 Å². The number of aromatic nitrogens is 1. The Hall–Kier alpha value is -0.740. The molecule has 1 aliphatic heterocycles. The lowest BCUT2D eigenvalue weighted by molar-refractivity contribution is 0.112. The molecular formula is C10H14N2OS. The second kappa shape index (κ2) is 4.19. The summed E-state index contributed by atoms with van der Waals surface area (Å²) in [5.74, 6) is 0.550. The predicted molar refractivity (Wildman–Crippen MR) is 57.0 cm³/mol. The Morgan fingerprint density at radius 1 is 1.79 bits per heavy atom. The van der Waals surface area contributed by atoms with E-state index in [-0.39, 0.29) is 0 Å². The fourth-order valence-corrected chi connectivity index (χ4v) is 2.72. The van der Waals surface area contributed by atoms with Crippen LogP contribution in [0.3, 0.4) is 0 Å². The molecule has 0 radical (unpaired) electrons. The highest BCUT2D eigenvalue weighted by atomic mass is 32.1. The lowest BCUT2D eigenvalue weighted by atomic mass is 10.1. The zero-order valence-corrected chi connectivity index (χ0v) is 9.09. The Morgan fingerprint density at radius 2 is 2.64 bits per heavy atom. The summed E-state index contributed by atoms with van der Waals surface area (Å²) in [6, 6.07) is 0. The van der Waals surface area contributed by atoms with Gasteiger partial charge in [-0.2, -0.15) is 0 Å². The Balaban J connectivity index is 2.05. The number of likely N-dealkylation sites (tertiary alicyclic amines) is 1. The van der Waals surface area contributed by atoms with Gasteiger partial charge in [-0.25, -0.2) is 4.98 Å². The average Bonchev–Trinajstić information content (AvgIpc) is 2.86. The Labute approximate surface area is 87.8 Å². The third-order valence-electron chi connectivity index (χ3n) is 2.73. The first-order valence-corrected chi connectivity index (χ1v) is 5.78. The Morgan fingerprint density at radius 3 is 3.21 bits per heavy atom. The van der Waals surface area contributed by atoms with E-state index in [1.165, 1.54) is 17.8 Å². The van der Waals surface area contributed by atoms with Crippen LogP contribution in [0.2, 0.25) is 0 Å². The number of hydrogen-bond acceptors (Lipinski definition) is 4. The molecule has 0 bridgehead atoms. The molecule has 2 heterocycles. The van der Waals surface area contributed by atoms with Gasteiger partial charge in [0.15, 0.2) is 6.29 Å². The highest BCUT2D eigenvalue weighted by molar-refractivity contribution is 7.13. The zero-order chi connectivity index (χ0) is 9.97. The van der Waals surface area contributed by atoms with E-state index in [4.69, 9.17) is 0 Å². The molecule has 0 N–H and O–H groups in total. The highest BCUT2D eigenvalue weighted by Crippen LogP contribution is 2.29. The molecule has 3 nitrogen and oxygen atoms in total. The summed E-state index contributed by atoms with van der Waals surface area (Å²) >= 11 is 1.54. The van der Waals surface area contributed by atoms with Crippen LogP contribution < -0.4 is 0 Å². The summed E-state index contributed by atoms with van der Waals surface area (Å²) in [5, 5.41) is 1.13. The molecule has 0 aromatic carbocycles. The van der Waals surface area contributed by atoms with Gasteiger partial charge in [-0.05, 0) is 19.5 Å². The minimum absolute atomic E-state index is 0.550. The van der Waals surface area contributed by atoms with E-state index in [0.29, 0.717) is 5.92 Å². The molecule has 0 amide bonds. The number of carbonyl (C=O) groups excluding carboxylic acids is 1. The molecule has 0 aliphatic carbocycles. The molecule has 0 spiro atoms. The van der Waals surface area contributed by atoms with Crippen LogP contribution in [0.15, 0.2) is 6.20 Å². The highest BCUT2D eigenvalue weighted by Gasteiger charge is 2.24. The first-order chi connectivity index (χ1) is 6.83. The summed E-state index contributed by atoms with van der Waals surface area (Å²) < 4.78 is 0. The van der Waals surface area contributed by atoms with Crippen LogP contribution in [-0.2, 0) is 0 Å². The van der Waals surface area contributed by atoms with Gasteiger partial charge in [0.1, 0.15) is 0 Å². The first kappa shape index (κ1) is 9.80. The minimum atomic E-state index is 0.550. The van der Waals surface area contributed by atoms with Gasteiger partial charge in [-0.15, -0.1) is 11.3 Å².